The number of carbonyl (C=O) groups is 3. The van der Waals surface area contributed by atoms with E-state index in [9.17, 15) is 14.4 Å². The molecule has 3 aromatic rings. The molecule has 0 aromatic heterocycles. The van der Waals surface area contributed by atoms with E-state index in [-0.39, 0.29) is 25.5 Å². The first-order valence-corrected chi connectivity index (χ1v) is 11.9. The van der Waals surface area contributed by atoms with Crippen LogP contribution in [0.2, 0.25) is 0 Å². The van der Waals surface area contributed by atoms with E-state index in [0.29, 0.717) is 17.8 Å². The van der Waals surface area contributed by atoms with Crippen LogP contribution < -0.4 is 16.4 Å². The van der Waals surface area contributed by atoms with Crippen molar-refractivity contribution in [1.82, 2.24) is 15.1 Å². The summed E-state index contributed by atoms with van der Waals surface area (Å²) in [6, 6.07) is 21.7. The predicted octanol–water partition coefficient (Wildman–Crippen LogP) is 3.39. The number of aryl methyl sites for hydroxylation is 2. The van der Waals surface area contributed by atoms with Crippen molar-refractivity contribution in [2.24, 2.45) is 5.73 Å². The van der Waals surface area contributed by atoms with Crippen LogP contribution in [0.4, 0.5) is 10.5 Å². The Hall–Kier alpha value is -4.17. The van der Waals surface area contributed by atoms with Gasteiger partial charge in [0.2, 0.25) is 0 Å². The summed E-state index contributed by atoms with van der Waals surface area (Å²) < 4.78 is 0. The van der Waals surface area contributed by atoms with Crippen molar-refractivity contribution < 1.29 is 14.4 Å². The Morgan fingerprint density at radius 1 is 0.861 bits per heavy atom. The van der Waals surface area contributed by atoms with Gasteiger partial charge in [-0.2, -0.15) is 0 Å². The Bertz CT molecular complexity index is 1240. The van der Waals surface area contributed by atoms with Crippen molar-refractivity contribution in [2.45, 2.75) is 33.1 Å². The molecule has 4 rings (SSSR count). The Labute approximate surface area is 211 Å². The molecule has 0 bridgehead atoms. The van der Waals surface area contributed by atoms with E-state index in [1.165, 1.54) is 9.80 Å². The lowest BCUT2D eigenvalue weighted by molar-refractivity contribution is -0.128. The molecule has 3 aromatic carbocycles. The smallest absolute Gasteiger partial charge is 0.323 e. The quantitative estimate of drug-likeness (QED) is 0.497. The monoisotopic (exact) mass is 485 g/mol. The van der Waals surface area contributed by atoms with Gasteiger partial charge >= 0.3 is 6.03 Å². The molecule has 186 valence electrons. The third-order valence-corrected chi connectivity index (χ3v) is 6.22. The second-order valence-electron chi connectivity index (χ2n) is 8.97. The number of benzene rings is 3. The predicted molar refractivity (Wildman–Crippen MR) is 139 cm³/mol. The first-order chi connectivity index (χ1) is 17.4. The lowest BCUT2D eigenvalue weighted by atomic mass is 10.1. The third kappa shape index (κ3) is 5.72. The van der Waals surface area contributed by atoms with E-state index in [1.807, 2.05) is 62.4 Å². The molecule has 1 heterocycles. The van der Waals surface area contributed by atoms with Gasteiger partial charge in [0.15, 0.2) is 6.17 Å². The number of nitrogens with zero attached hydrogens (tertiary/aromatic N) is 2. The highest BCUT2D eigenvalue weighted by atomic mass is 16.2. The first-order valence-electron chi connectivity index (χ1n) is 11.9. The molecule has 0 aliphatic carbocycles. The second-order valence-corrected chi connectivity index (χ2v) is 8.97. The van der Waals surface area contributed by atoms with Crippen LogP contribution in [0.1, 0.15) is 32.6 Å². The lowest BCUT2D eigenvalue weighted by Gasteiger charge is -2.29. The second kappa shape index (κ2) is 11.0. The largest absolute Gasteiger partial charge is 0.349 e. The minimum absolute atomic E-state index is 0.232. The highest BCUT2D eigenvalue weighted by Crippen LogP contribution is 2.21. The molecule has 1 atom stereocenters. The SMILES string of the molecule is Cc1ccc(NC(=O)N2CCN(C(=O)c3ccc(C)cc3)C2C(=O)NCc2cccc(CN)c2)cc1. The van der Waals surface area contributed by atoms with Crippen LogP contribution in [-0.2, 0) is 17.9 Å². The number of urea groups is 1. The molecule has 0 spiro atoms. The number of hydrogen-bond donors (Lipinski definition) is 3. The van der Waals surface area contributed by atoms with Gasteiger partial charge in [0.05, 0.1) is 0 Å². The maximum Gasteiger partial charge on any atom is 0.323 e. The maximum atomic E-state index is 13.4. The molecule has 1 fully saturated rings. The molecule has 1 aliphatic heterocycles. The topological polar surface area (TPSA) is 108 Å². The van der Waals surface area contributed by atoms with E-state index < -0.39 is 18.1 Å². The molecular formula is C28H31N5O3. The van der Waals surface area contributed by atoms with Gasteiger partial charge in [-0.05, 0) is 49.2 Å². The maximum absolute atomic E-state index is 13.4. The summed E-state index contributed by atoms with van der Waals surface area (Å²) in [5.74, 6) is -0.726. The summed E-state index contributed by atoms with van der Waals surface area (Å²) in [4.78, 5) is 42.9. The molecule has 8 nitrogen and oxygen atoms in total. The minimum atomic E-state index is -1.08. The summed E-state index contributed by atoms with van der Waals surface area (Å²) >= 11 is 0. The van der Waals surface area contributed by atoms with Crippen molar-refractivity contribution in [2.75, 3.05) is 18.4 Å². The van der Waals surface area contributed by atoms with Crippen molar-refractivity contribution in [3.05, 3.63) is 101 Å². The van der Waals surface area contributed by atoms with E-state index in [0.717, 1.165) is 22.3 Å². The summed E-state index contributed by atoms with van der Waals surface area (Å²) in [5.41, 5.74) is 10.8. The van der Waals surface area contributed by atoms with E-state index in [1.54, 1.807) is 24.3 Å². The highest BCUT2D eigenvalue weighted by molar-refractivity contribution is 6.00. The van der Waals surface area contributed by atoms with Crippen LogP contribution in [0.3, 0.4) is 0 Å². The van der Waals surface area contributed by atoms with Gasteiger partial charge in [0.25, 0.3) is 11.8 Å². The average Bonchev–Trinajstić information content (AvgIpc) is 3.34. The summed E-state index contributed by atoms with van der Waals surface area (Å²) in [6.07, 6.45) is -1.08. The number of anilines is 1. The normalized spacial score (nSPS) is 15.0. The summed E-state index contributed by atoms with van der Waals surface area (Å²) in [5, 5.41) is 5.75. The fourth-order valence-corrected chi connectivity index (χ4v) is 4.18. The van der Waals surface area contributed by atoms with Gasteiger partial charge in [-0.25, -0.2) is 4.79 Å². The van der Waals surface area contributed by atoms with E-state index in [2.05, 4.69) is 10.6 Å². The van der Waals surface area contributed by atoms with Crippen molar-refractivity contribution in [3.63, 3.8) is 0 Å². The number of amides is 4. The van der Waals surface area contributed by atoms with Crippen molar-refractivity contribution in [3.8, 4) is 0 Å². The van der Waals surface area contributed by atoms with Gasteiger partial charge in [0, 0.05) is 37.4 Å². The van der Waals surface area contributed by atoms with Crippen molar-refractivity contribution in [1.29, 1.82) is 0 Å². The molecule has 1 unspecified atom stereocenters. The number of rotatable bonds is 6. The lowest BCUT2D eigenvalue weighted by Crippen LogP contribution is -2.54. The van der Waals surface area contributed by atoms with Crippen LogP contribution in [0.5, 0.6) is 0 Å². The Balaban J connectivity index is 1.55. The fourth-order valence-electron chi connectivity index (χ4n) is 4.18. The molecule has 0 radical (unpaired) electrons. The van der Waals surface area contributed by atoms with E-state index in [4.69, 9.17) is 5.73 Å². The Kier molecular flexibility index (Phi) is 7.65. The number of hydrogen-bond acceptors (Lipinski definition) is 4. The van der Waals surface area contributed by atoms with Crippen LogP contribution in [0, 0.1) is 13.8 Å². The van der Waals surface area contributed by atoms with Crippen LogP contribution >= 0.6 is 0 Å². The molecule has 8 heteroatoms. The number of carbonyl (C=O) groups excluding carboxylic acids is 3. The fraction of sp³-hybridized carbons (Fsp3) is 0.250. The molecular weight excluding hydrogens is 454 g/mol. The van der Waals surface area contributed by atoms with Gasteiger partial charge in [-0.1, -0.05) is 59.7 Å². The number of nitrogens with one attached hydrogen (secondary N) is 2. The molecule has 1 aliphatic rings. The zero-order valence-electron chi connectivity index (χ0n) is 20.5. The number of nitrogens with two attached hydrogens (primary N) is 1. The van der Waals surface area contributed by atoms with E-state index >= 15 is 0 Å². The van der Waals surface area contributed by atoms with Crippen LogP contribution in [-0.4, -0.2) is 46.9 Å². The zero-order valence-corrected chi connectivity index (χ0v) is 20.5. The summed E-state index contributed by atoms with van der Waals surface area (Å²) in [7, 11) is 0. The summed E-state index contributed by atoms with van der Waals surface area (Å²) in [6.45, 7) is 5.03. The van der Waals surface area contributed by atoms with Gasteiger partial charge in [0.1, 0.15) is 0 Å². The molecule has 36 heavy (non-hydrogen) atoms. The van der Waals surface area contributed by atoms with Crippen molar-refractivity contribution >= 4 is 23.5 Å². The minimum Gasteiger partial charge on any atom is -0.349 e. The standard InChI is InChI=1S/C28H31N5O3/c1-19-6-10-23(11-7-19)27(35)32-14-15-33(28(36)31-24-12-8-20(2)9-13-24)26(32)25(34)30-18-22-5-3-4-21(16-22)17-29/h3-13,16,26H,14-15,17-18,29H2,1-2H3,(H,30,34)(H,31,36). The zero-order chi connectivity index (χ0) is 25.7. The Morgan fingerprint density at radius 3 is 2.14 bits per heavy atom. The third-order valence-electron chi connectivity index (χ3n) is 6.22. The van der Waals surface area contributed by atoms with Gasteiger partial charge < -0.3 is 21.3 Å². The average molecular weight is 486 g/mol. The molecule has 0 saturated carbocycles. The first kappa shape index (κ1) is 24.9. The van der Waals surface area contributed by atoms with Gasteiger partial charge in [-0.3, -0.25) is 14.5 Å². The van der Waals surface area contributed by atoms with Crippen LogP contribution in [0.15, 0.2) is 72.8 Å². The molecule has 4 amide bonds. The van der Waals surface area contributed by atoms with Crippen LogP contribution in [0.25, 0.3) is 0 Å². The Morgan fingerprint density at radius 2 is 1.47 bits per heavy atom. The van der Waals surface area contributed by atoms with Gasteiger partial charge in [-0.15, -0.1) is 0 Å². The molecule has 4 N–H and O–H groups in total. The highest BCUT2D eigenvalue weighted by Gasteiger charge is 2.43. The molecule has 1 saturated heterocycles.